The largest absolute Gasteiger partial charge is 0.497 e. The van der Waals surface area contributed by atoms with Gasteiger partial charge in [0.2, 0.25) is 0 Å². The van der Waals surface area contributed by atoms with Gasteiger partial charge in [0, 0.05) is 24.2 Å². The first-order valence-corrected chi connectivity index (χ1v) is 9.74. The topological polar surface area (TPSA) is 54.5 Å². The highest BCUT2D eigenvalue weighted by Crippen LogP contribution is 2.48. The maximum Gasteiger partial charge on any atom is 0.317 e. The van der Waals surface area contributed by atoms with E-state index in [1.54, 1.807) is 7.11 Å². The molecule has 2 aliphatic rings. The first kappa shape index (κ1) is 17.8. The Hall–Kier alpha value is -2.56. The Kier molecular flexibility index (Phi) is 4.77. The number of urea groups is 1. The third-order valence-corrected chi connectivity index (χ3v) is 5.88. The number of hydrogen-bond donors (Lipinski definition) is 1. The molecule has 142 valence electrons. The molecule has 2 amide bonds. The van der Waals surface area contributed by atoms with Crippen molar-refractivity contribution >= 4 is 6.03 Å². The van der Waals surface area contributed by atoms with Gasteiger partial charge in [0.15, 0.2) is 0 Å². The van der Waals surface area contributed by atoms with Gasteiger partial charge in [-0.2, -0.15) is 0 Å². The molecule has 1 saturated carbocycles. The molecular formula is C22H27N3O2. The molecule has 1 atom stereocenters. The van der Waals surface area contributed by atoms with Gasteiger partial charge in [0.05, 0.1) is 18.8 Å². The summed E-state index contributed by atoms with van der Waals surface area (Å²) in [5, 5.41) is 3.20. The van der Waals surface area contributed by atoms with Crippen molar-refractivity contribution < 1.29 is 9.53 Å². The summed E-state index contributed by atoms with van der Waals surface area (Å²) in [5.74, 6) is 0.871. The molecule has 4 rings (SSSR count). The number of aryl methyl sites for hydroxylation is 1. The molecule has 1 aliphatic carbocycles. The van der Waals surface area contributed by atoms with Crippen molar-refractivity contribution in [3.63, 3.8) is 0 Å². The quantitative estimate of drug-likeness (QED) is 0.872. The van der Waals surface area contributed by atoms with E-state index in [4.69, 9.17) is 4.74 Å². The Balaban J connectivity index is 1.43. The van der Waals surface area contributed by atoms with E-state index in [0.29, 0.717) is 6.54 Å². The van der Waals surface area contributed by atoms with Crippen LogP contribution in [0, 0.1) is 6.92 Å². The van der Waals surface area contributed by atoms with Gasteiger partial charge in [-0.1, -0.05) is 18.2 Å². The molecule has 5 nitrogen and oxygen atoms in total. The fourth-order valence-corrected chi connectivity index (χ4v) is 4.08. The van der Waals surface area contributed by atoms with Gasteiger partial charge in [-0.05, 0) is 62.4 Å². The number of amides is 2. The zero-order valence-electron chi connectivity index (χ0n) is 16.1. The zero-order valence-corrected chi connectivity index (χ0v) is 16.1. The normalized spacial score (nSPS) is 20.4. The maximum absolute atomic E-state index is 12.9. The van der Waals surface area contributed by atoms with E-state index in [9.17, 15) is 4.79 Å². The van der Waals surface area contributed by atoms with Gasteiger partial charge < -0.3 is 15.0 Å². The van der Waals surface area contributed by atoms with E-state index in [1.807, 2.05) is 42.2 Å². The number of methoxy groups -OCH3 is 1. The maximum atomic E-state index is 12.9. The van der Waals surface area contributed by atoms with Crippen molar-refractivity contribution in [3.8, 4) is 5.75 Å². The number of nitrogens with one attached hydrogen (secondary N) is 1. The molecule has 2 heterocycles. The molecular weight excluding hydrogens is 338 g/mol. The molecule has 0 radical (unpaired) electrons. The van der Waals surface area contributed by atoms with E-state index in [0.717, 1.165) is 49.4 Å². The van der Waals surface area contributed by atoms with Crippen molar-refractivity contribution in [3.05, 3.63) is 59.4 Å². The van der Waals surface area contributed by atoms with Crippen LogP contribution >= 0.6 is 0 Å². The number of carbonyl (C=O) groups excluding carboxylic acids is 1. The predicted molar refractivity (Wildman–Crippen MR) is 105 cm³/mol. The smallest absolute Gasteiger partial charge is 0.317 e. The molecule has 1 unspecified atom stereocenters. The Morgan fingerprint density at radius 1 is 1.30 bits per heavy atom. The van der Waals surface area contributed by atoms with Crippen LogP contribution in [0.5, 0.6) is 5.75 Å². The minimum absolute atomic E-state index is 0.0231. The second-order valence-corrected chi connectivity index (χ2v) is 7.73. The third-order valence-electron chi connectivity index (χ3n) is 5.88. The molecule has 27 heavy (non-hydrogen) atoms. The minimum atomic E-state index is 0.0231. The molecule has 1 N–H and O–H groups in total. The van der Waals surface area contributed by atoms with E-state index in [2.05, 4.69) is 22.4 Å². The van der Waals surface area contributed by atoms with Crippen LogP contribution in [0.15, 0.2) is 42.5 Å². The summed E-state index contributed by atoms with van der Waals surface area (Å²) in [4.78, 5) is 19.5. The summed E-state index contributed by atoms with van der Waals surface area (Å²) >= 11 is 0. The number of carbonyl (C=O) groups is 1. The molecule has 1 saturated heterocycles. The van der Waals surface area contributed by atoms with Crippen LogP contribution in [-0.2, 0) is 5.41 Å². The molecule has 0 bridgehead atoms. The average molecular weight is 365 g/mol. The summed E-state index contributed by atoms with van der Waals surface area (Å²) in [7, 11) is 1.69. The van der Waals surface area contributed by atoms with E-state index >= 15 is 0 Å². The fourth-order valence-electron chi connectivity index (χ4n) is 4.08. The van der Waals surface area contributed by atoms with Crippen LogP contribution in [0.1, 0.15) is 48.7 Å². The number of aromatic nitrogens is 1. The van der Waals surface area contributed by atoms with Crippen molar-refractivity contribution in [2.24, 2.45) is 0 Å². The first-order chi connectivity index (χ1) is 13.1. The van der Waals surface area contributed by atoms with Gasteiger partial charge in [-0.3, -0.25) is 4.98 Å². The molecule has 1 aliphatic heterocycles. The number of rotatable bonds is 5. The number of nitrogens with zero attached hydrogens (tertiary/aromatic N) is 2. The van der Waals surface area contributed by atoms with Crippen molar-refractivity contribution in [1.29, 1.82) is 0 Å². The fraction of sp³-hybridized carbons (Fsp3) is 0.455. The molecule has 1 aromatic heterocycles. The number of pyridine rings is 1. The highest BCUT2D eigenvalue weighted by atomic mass is 16.5. The second-order valence-electron chi connectivity index (χ2n) is 7.73. The molecule has 1 aromatic carbocycles. The van der Waals surface area contributed by atoms with Crippen molar-refractivity contribution in [2.45, 2.75) is 44.1 Å². The van der Waals surface area contributed by atoms with E-state index in [-0.39, 0.29) is 17.5 Å². The lowest BCUT2D eigenvalue weighted by Crippen LogP contribution is -2.42. The number of hydrogen-bond acceptors (Lipinski definition) is 3. The van der Waals surface area contributed by atoms with Crippen LogP contribution < -0.4 is 10.1 Å². The average Bonchev–Trinajstić information content (AvgIpc) is 3.33. The summed E-state index contributed by atoms with van der Waals surface area (Å²) in [6, 6.07) is 14.4. The summed E-state index contributed by atoms with van der Waals surface area (Å²) in [6.07, 6.45) is 4.20. The number of likely N-dealkylation sites (tertiary alicyclic amines) is 1. The molecule has 2 fully saturated rings. The van der Waals surface area contributed by atoms with Gasteiger partial charge in [-0.15, -0.1) is 0 Å². The molecule has 0 spiro atoms. The van der Waals surface area contributed by atoms with E-state index < -0.39 is 0 Å². The minimum Gasteiger partial charge on any atom is -0.497 e. The van der Waals surface area contributed by atoms with Gasteiger partial charge >= 0.3 is 6.03 Å². The second kappa shape index (κ2) is 7.22. The van der Waals surface area contributed by atoms with Gasteiger partial charge in [-0.25, -0.2) is 4.79 Å². The highest BCUT2D eigenvalue weighted by Gasteiger charge is 2.45. The van der Waals surface area contributed by atoms with Crippen molar-refractivity contribution in [1.82, 2.24) is 15.2 Å². The lowest BCUT2D eigenvalue weighted by atomic mass is 9.96. The number of ether oxygens (including phenoxy) is 1. The summed E-state index contributed by atoms with van der Waals surface area (Å²) in [6.45, 7) is 3.45. The Morgan fingerprint density at radius 2 is 2.11 bits per heavy atom. The van der Waals surface area contributed by atoms with Gasteiger partial charge in [0.25, 0.3) is 0 Å². The van der Waals surface area contributed by atoms with Crippen LogP contribution in [0.4, 0.5) is 4.79 Å². The molecule has 5 heteroatoms. The lowest BCUT2D eigenvalue weighted by Gasteiger charge is -2.26. The predicted octanol–water partition coefficient (Wildman–Crippen LogP) is 3.98. The van der Waals surface area contributed by atoms with Crippen LogP contribution in [0.25, 0.3) is 0 Å². The number of benzene rings is 1. The standard InChI is InChI=1S/C22H27N3O2/c1-16-6-3-9-19(24-16)20-10-5-13-25(20)21(26)23-15-22(11-12-22)17-7-4-8-18(14-17)27-2/h3-4,6-9,14,20H,5,10-13,15H2,1-2H3,(H,23,26). The van der Waals surface area contributed by atoms with Gasteiger partial charge in [0.1, 0.15) is 5.75 Å². The Bertz CT molecular complexity index is 832. The summed E-state index contributed by atoms with van der Waals surface area (Å²) < 4.78 is 5.35. The zero-order chi connectivity index (χ0) is 18.9. The highest BCUT2D eigenvalue weighted by molar-refractivity contribution is 5.75. The SMILES string of the molecule is COc1cccc(C2(CNC(=O)N3CCCC3c3cccc(C)n3)CC2)c1. The van der Waals surface area contributed by atoms with Crippen LogP contribution in [0.3, 0.4) is 0 Å². The van der Waals surface area contributed by atoms with Crippen LogP contribution in [-0.4, -0.2) is 36.1 Å². The lowest BCUT2D eigenvalue weighted by molar-refractivity contribution is 0.191. The summed E-state index contributed by atoms with van der Waals surface area (Å²) in [5.41, 5.74) is 3.30. The monoisotopic (exact) mass is 365 g/mol. The van der Waals surface area contributed by atoms with Crippen LogP contribution in [0.2, 0.25) is 0 Å². The first-order valence-electron chi connectivity index (χ1n) is 9.74. The Labute approximate surface area is 160 Å². The Morgan fingerprint density at radius 3 is 2.85 bits per heavy atom. The molecule has 2 aromatic rings. The third kappa shape index (κ3) is 3.64. The van der Waals surface area contributed by atoms with Crippen molar-refractivity contribution in [2.75, 3.05) is 20.2 Å². The van der Waals surface area contributed by atoms with E-state index in [1.165, 1.54) is 5.56 Å².